The van der Waals surface area contributed by atoms with Crippen LogP contribution in [-0.2, 0) is 0 Å². The number of nitrogens with one attached hydrogen (secondary N) is 2. The van der Waals surface area contributed by atoms with Gasteiger partial charge in [-0.1, -0.05) is 77.3 Å². The van der Waals surface area contributed by atoms with Crippen LogP contribution in [0.2, 0.25) is 15.1 Å². The van der Waals surface area contributed by atoms with Gasteiger partial charge in [-0.05, 0) is 60.5 Å². The topological polar surface area (TPSA) is 92.8 Å². The highest BCUT2D eigenvalue weighted by molar-refractivity contribution is 6.39. The molecule has 0 atom stereocenters. The lowest BCUT2D eigenvalue weighted by atomic mass is 10.0. The third-order valence-corrected chi connectivity index (χ3v) is 6.90. The van der Waals surface area contributed by atoms with Crippen molar-refractivity contribution < 1.29 is 19.1 Å². The Morgan fingerprint density at radius 1 is 0.902 bits per heavy atom. The van der Waals surface area contributed by atoms with Gasteiger partial charge < -0.3 is 14.5 Å². The summed E-state index contributed by atoms with van der Waals surface area (Å²) in [7, 11) is 0. The molecule has 206 valence electrons. The van der Waals surface area contributed by atoms with E-state index in [2.05, 4.69) is 15.5 Å². The minimum Gasteiger partial charge on any atom is -0.490 e. The highest BCUT2D eigenvalue weighted by atomic mass is 35.5. The zero-order valence-electron chi connectivity index (χ0n) is 21.6. The summed E-state index contributed by atoms with van der Waals surface area (Å²) in [5.74, 6) is -0.534. The normalized spacial score (nSPS) is 11.1. The number of rotatable bonds is 8. The van der Waals surface area contributed by atoms with Gasteiger partial charge in [-0.3, -0.25) is 4.79 Å². The Kier molecular flexibility index (Phi) is 8.59. The van der Waals surface area contributed by atoms with Crippen molar-refractivity contribution in [1.82, 2.24) is 10.4 Å². The van der Waals surface area contributed by atoms with Crippen molar-refractivity contribution in [2.45, 2.75) is 6.92 Å². The summed E-state index contributed by atoms with van der Waals surface area (Å²) in [4.78, 5) is 29.0. The van der Waals surface area contributed by atoms with E-state index >= 15 is 0 Å². The van der Waals surface area contributed by atoms with E-state index in [0.717, 1.165) is 5.56 Å². The maximum absolute atomic E-state index is 13.3. The Morgan fingerprint density at radius 2 is 1.66 bits per heavy atom. The second-order valence-electron chi connectivity index (χ2n) is 8.76. The van der Waals surface area contributed by atoms with Crippen molar-refractivity contribution in [3.8, 4) is 22.6 Å². The first-order valence-corrected chi connectivity index (χ1v) is 13.6. The molecule has 1 aromatic heterocycles. The Bertz CT molecular complexity index is 1790. The summed E-state index contributed by atoms with van der Waals surface area (Å²) in [6.45, 7) is 2.15. The molecule has 1 amide bonds. The number of halogens is 3. The Morgan fingerprint density at radius 3 is 2.41 bits per heavy atom. The summed E-state index contributed by atoms with van der Waals surface area (Å²) in [6.07, 6.45) is 1.45. The van der Waals surface area contributed by atoms with Crippen LogP contribution in [0.1, 0.15) is 33.3 Å². The van der Waals surface area contributed by atoms with Gasteiger partial charge in [0.2, 0.25) is 0 Å². The molecule has 0 fully saturated rings. The quantitative estimate of drug-likeness (QED) is 0.0806. The molecule has 5 rings (SSSR count). The second kappa shape index (κ2) is 12.5. The molecule has 5 aromatic rings. The third-order valence-electron chi connectivity index (χ3n) is 6.06. The van der Waals surface area contributed by atoms with Crippen molar-refractivity contribution >= 4 is 63.8 Å². The first-order chi connectivity index (χ1) is 19.9. The standard InChI is InChI=1S/C31H22Cl3N3O4/c1-2-40-26-14-18(12-13-25(26)41-31(39)21-10-6-7-11-23(21)33)17-35-37-30(38)29-27(19-8-4-3-5-9-19)22-15-20(32)16-24(34)28(22)36-29/h3-17,36H,2H2,1H3,(H,37,38). The first-order valence-electron chi connectivity index (χ1n) is 12.5. The molecule has 0 saturated carbocycles. The number of fused-ring (bicyclic) bond motifs is 1. The van der Waals surface area contributed by atoms with Crippen LogP contribution in [0.15, 0.2) is 90.0 Å². The number of hydrogen-bond donors (Lipinski definition) is 2. The molecule has 0 aliphatic heterocycles. The van der Waals surface area contributed by atoms with Gasteiger partial charge in [0, 0.05) is 16.0 Å². The molecule has 7 nitrogen and oxygen atoms in total. The van der Waals surface area contributed by atoms with Crippen LogP contribution in [0.5, 0.6) is 11.5 Å². The van der Waals surface area contributed by atoms with Gasteiger partial charge in [0.15, 0.2) is 11.5 Å². The number of esters is 1. The van der Waals surface area contributed by atoms with Crippen LogP contribution in [0.25, 0.3) is 22.0 Å². The molecule has 41 heavy (non-hydrogen) atoms. The van der Waals surface area contributed by atoms with Crippen molar-refractivity contribution in [1.29, 1.82) is 0 Å². The minimum atomic E-state index is -0.612. The fourth-order valence-electron chi connectivity index (χ4n) is 4.26. The summed E-state index contributed by atoms with van der Waals surface area (Å²) in [6, 6.07) is 24.3. The van der Waals surface area contributed by atoms with Crippen molar-refractivity contribution in [3.05, 3.63) is 117 Å². The molecule has 10 heteroatoms. The molecule has 2 N–H and O–H groups in total. The summed E-state index contributed by atoms with van der Waals surface area (Å²) in [5, 5.41) is 5.97. The Labute approximate surface area is 250 Å². The van der Waals surface area contributed by atoms with E-state index in [1.165, 1.54) is 6.21 Å². The van der Waals surface area contributed by atoms with Crippen molar-refractivity contribution in [2.75, 3.05) is 6.61 Å². The zero-order valence-corrected chi connectivity index (χ0v) is 23.8. The SMILES string of the molecule is CCOc1cc(C=NNC(=O)c2[nH]c3c(Cl)cc(Cl)cc3c2-c2ccccc2)ccc1OC(=O)c1ccccc1Cl. The van der Waals surface area contributed by atoms with Gasteiger partial charge in [0.1, 0.15) is 5.69 Å². The summed E-state index contributed by atoms with van der Waals surface area (Å²) < 4.78 is 11.2. The van der Waals surface area contributed by atoms with Gasteiger partial charge in [0.25, 0.3) is 5.91 Å². The average molecular weight is 607 g/mol. The van der Waals surface area contributed by atoms with Gasteiger partial charge in [0.05, 0.1) is 33.9 Å². The van der Waals surface area contributed by atoms with E-state index in [1.54, 1.807) is 54.6 Å². The number of hydrogen-bond acceptors (Lipinski definition) is 5. The number of aromatic amines is 1. The van der Waals surface area contributed by atoms with Crippen LogP contribution in [0.4, 0.5) is 0 Å². The molecular weight excluding hydrogens is 585 g/mol. The van der Waals surface area contributed by atoms with Crippen LogP contribution in [0, 0.1) is 0 Å². The van der Waals surface area contributed by atoms with E-state index in [-0.39, 0.29) is 22.0 Å². The number of aromatic nitrogens is 1. The largest absolute Gasteiger partial charge is 0.490 e. The van der Waals surface area contributed by atoms with Gasteiger partial charge >= 0.3 is 5.97 Å². The second-order valence-corrected chi connectivity index (χ2v) is 10.0. The molecule has 0 saturated heterocycles. The fraction of sp³-hybridized carbons (Fsp3) is 0.0645. The average Bonchev–Trinajstić information content (AvgIpc) is 3.35. The van der Waals surface area contributed by atoms with Gasteiger partial charge in [-0.25, -0.2) is 10.2 Å². The van der Waals surface area contributed by atoms with E-state index in [0.29, 0.717) is 44.4 Å². The lowest BCUT2D eigenvalue weighted by Crippen LogP contribution is -2.18. The first kappa shape index (κ1) is 28.2. The van der Waals surface area contributed by atoms with E-state index < -0.39 is 11.9 Å². The molecule has 0 radical (unpaired) electrons. The predicted octanol–water partition coefficient (Wildman–Crippen LogP) is 8.18. The molecule has 1 heterocycles. The highest BCUT2D eigenvalue weighted by Crippen LogP contribution is 2.37. The monoisotopic (exact) mass is 605 g/mol. The molecule has 0 aliphatic carbocycles. The third kappa shape index (κ3) is 6.23. The molecule has 0 unspecified atom stereocenters. The number of carbonyl (C=O) groups excluding carboxylic acids is 2. The van der Waals surface area contributed by atoms with E-state index in [1.807, 2.05) is 37.3 Å². The lowest BCUT2D eigenvalue weighted by molar-refractivity contribution is 0.0728. The van der Waals surface area contributed by atoms with Crippen LogP contribution < -0.4 is 14.9 Å². The van der Waals surface area contributed by atoms with Gasteiger partial charge in [-0.15, -0.1) is 0 Å². The van der Waals surface area contributed by atoms with Crippen LogP contribution >= 0.6 is 34.8 Å². The molecule has 0 aliphatic rings. The zero-order chi connectivity index (χ0) is 28.9. The van der Waals surface area contributed by atoms with Crippen molar-refractivity contribution in [3.63, 3.8) is 0 Å². The number of nitrogens with zero attached hydrogens (tertiary/aromatic N) is 1. The smallest absolute Gasteiger partial charge is 0.345 e. The van der Waals surface area contributed by atoms with Crippen molar-refractivity contribution in [2.24, 2.45) is 5.10 Å². The molecule has 0 spiro atoms. The Hall–Kier alpha value is -4.30. The van der Waals surface area contributed by atoms with E-state index in [4.69, 9.17) is 44.3 Å². The van der Waals surface area contributed by atoms with Crippen LogP contribution in [-0.4, -0.2) is 29.7 Å². The molecule has 0 bridgehead atoms. The number of hydrazone groups is 1. The number of ether oxygens (including phenoxy) is 2. The summed E-state index contributed by atoms with van der Waals surface area (Å²) >= 11 is 18.8. The Balaban J connectivity index is 1.38. The fourth-order valence-corrected chi connectivity index (χ4v) is 5.01. The minimum absolute atomic E-state index is 0.221. The maximum atomic E-state index is 13.3. The highest BCUT2D eigenvalue weighted by Gasteiger charge is 2.21. The number of H-pyrrole nitrogens is 1. The maximum Gasteiger partial charge on any atom is 0.345 e. The summed E-state index contributed by atoms with van der Waals surface area (Å²) in [5.41, 5.74) is 5.74. The van der Waals surface area contributed by atoms with Crippen LogP contribution in [0.3, 0.4) is 0 Å². The lowest BCUT2D eigenvalue weighted by Gasteiger charge is -2.12. The molecular formula is C31H22Cl3N3O4. The molecule has 4 aromatic carbocycles. The number of benzene rings is 4. The number of amides is 1. The van der Waals surface area contributed by atoms with Gasteiger partial charge in [-0.2, -0.15) is 5.10 Å². The van der Waals surface area contributed by atoms with E-state index in [9.17, 15) is 9.59 Å². The number of carbonyl (C=O) groups is 2. The predicted molar refractivity (Wildman–Crippen MR) is 163 cm³/mol.